The third-order valence-electron chi connectivity index (χ3n) is 7.14. The van der Waals surface area contributed by atoms with Crippen molar-refractivity contribution in [1.82, 2.24) is 0 Å². The summed E-state index contributed by atoms with van der Waals surface area (Å²) in [4.78, 5) is 26.1. The molecule has 0 N–H and O–H groups in total. The molecule has 1 aliphatic rings. The van der Waals surface area contributed by atoms with Gasteiger partial charge in [0.15, 0.2) is 11.5 Å². The fourth-order valence-corrected chi connectivity index (χ4v) is 4.53. The van der Waals surface area contributed by atoms with Crippen LogP contribution in [0.4, 0.5) is 0 Å². The van der Waals surface area contributed by atoms with E-state index in [1.54, 1.807) is 0 Å². The van der Waals surface area contributed by atoms with Gasteiger partial charge in [0.1, 0.15) is 0 Å². The molecule has 0 saturated heterocycles. The Hall–Kier alpha value is -2.94. The number of ketones is 2. The van der Waals surface area contributed by atoms with Gasteiger partial charge in [0.2, 0.25) is 5.78 Å². The fourth-order valence-electron chi connectivity index (χ4n) is 4.53. The summed E-state index contributed by atoms with van der Waals surface area (Å²) < 4.78 is 5.37. The molecule has 0 amide bonds. The van der Waals surface area contributed by atoms with Gasteiger partial charge in [-0.05, 0) is 126 Å². The molecule has 0 aliphatic heterocycles. The molecule has 0 radical (unpaired) electrons. The van der Waals surface area contributed by atoms with Gasteiger partial charge in [0.05, 0.1) is 7.11 Å². The van der Waals surface area contributed by atoms with Crippen LogP contribution in [0.5, 0.6) is 0 Å². The lowest BCUT2D eigenvalue weighted by Crippen LogP contribution is -2.20. The second kappa shape index (κ2) is 19.2. The van der Waals surface area contributed by atoms with Crippen LogP contribution in [-0.4, -0.2) is 18.7 Å². The summed E-state index contributed by atoms with van der Waals surface area (Å²) in [5.74, 6) is -0.106. The molecule has 0 aromatic carbocycles. The first-order chi connectivity index (χ1) is 18.9. The average Bonchev–Trinajstić information content (AvgIpc) is 2.87. The van der Waals surface area contributed by atoms with Crippen LogP contribution >= 0.6 is 0 Å². The smallest absolute Gasteiger partial charge is 0.221 e. The van der Waals surface area contributed by atoms with Gasteiger partial charge in [-0.2, -0.15) is 0 Å². The van der Waals surface area contributed by atoms with Gasteiger partial charge < -0.3 is 4.74 Å². The van der Waals surface area contributed by atoms with E-state index in [0.29, 0.717) is 24.0 Å². The van der Waals surface area contributed by atoms with Gasteiger partial charge in [-0.25, -0.2) is 0 Å². The van der Waals surface area contributed by atoms with E-state index in [9.17, 15) is 9.59 Å². The number of carbonyl (C=O) groups excluding carboxylic acids is 2. The Bertz CT molecular complexity index is 1120. The van der Waals surface area contributed by atoms with Crippen molar-refractivity contribution >= 4 is 11.6 Å². The standard InChI is InChI=1S/C37H54O3/c1-27(2)14-10-16-29(5)18-12-20-31(7)22-24-33-26-35(38)37(40-9)34(36(33)39)25-23-32(8)21-13-19-30(6)17-11-15-28(3)4/h14-15,18-19,22-23,26H,10-13,16-17,20-21,24-25H2,1-9H3/b29-18+,30-19+,31-22+,32-23+. The first kappa shape index (κ1) is 35.1. The molecule has 0 bridgehead atoms. The lowest BCUT2D eigenvalue weighted by atomic mass is 9.89. The molecule has 0 unspecified atom stereocenters. The molecule has 0 fully saturated rings. The quantitative estimate of drug-likeness (QED) is 0.135. The lowest BCUT2D eigenvalue weighted by molar-refractivity contribution is -0.118. The number of ether oxygens (including phenoxy) is 1. The number of hydrogen-bond acceptors (Lipinski definition) is 3. The van der Waals surface area contributed by atoms with Crippen molar-refractivity contribution in [2.75, 3.05) is 7.11 Å². The number of rotatable bonds is 17. The molecule has 40 heavy (non-hydrogen) atoms. The predicted octanol–water partition coefficient (Wildman–Crippen LogP) is 10.6. The van der Waals surface area contributed by atoms with Gasteiger partial charge >= 0.3 is 0 Å². The molecule has 0 saturated carbocycles. The number of methoxy groups -OCH3 is 1. The summed E-state index contributed by atoms with van der Waals surface area (Å²) in [7, 11) is 1.47. The van der Waals surface area contributed by atoms with Crippen molar-refractivity contribution in [1.29, 1.82) is 0 Å². The van der Waals surface area contributed by atoms with Crippen molar-refractivity contribution in [3.8, 4) is 0 Å². The van der Waals surface area contributed by atoms with Crippen molar-refractivity contribution < 1.29 is 14.3 Å². The summed E-state index contributed by atoms with van der Waals surface area (Å²) in [6.07, 6.45) is 23.9. The molecular weight excluding hydrogens is 492 g/mol. The third kappa shape index (κ3) is 14.4. The fraction of sp³-hybridized carbons (Fsp3) is 0.514. The molecule has 1 aliphatic carbocycles. The monoisotopic (exact) mass is 546 g/mol. The summed E-state index contributed by atoms with van der Waals surface area (Å²) >= 11 is 0. The van der Waals surface area contributed by atoms with Gasteiger partial charge in [-0.3, -0.25) is 9.59 Å². The normalized spacial score (nSPS) is 15.4. The molecule has 0 aromatic rings. The summed E-state index contributed by atoms with van der Waals surface area (Å²) in [6.45, 7) is 17.1. The van der Waals surface area contributed by atoms with E-state index in [-0.39, 0.29) is 17.3 Å². The molecule has 220 valence electrons. The second-order valence-electron chi connectivity index (χ2n) is 11.7. The highest BCUT2D eigenvalue weighted by molar-refractivity contribution is 6.22. The molecule has 3 nitrogen and oxygen atoms in total. The Morgan fingerprint density at radius 3 is 1.43 bits per heavy atom. The lowest BCUT2D eigenvalue weighted by Gasteiger charge is -2.17. The number of Topliss-reactive ketones (excluding diaryl/α,β-unsaturated/α-hetero) is 1. The van der Waals surface area contributed by atoms with Gasteiger partial charge in [-0.15, -0.1) is 0 Å². The number of carbonyl (C=O) groups is 2. The topological polar surface area (TPSA) is 43.4 Å². The van der Waals surface area contributed by atoms with E-state index < -0.39 is 0 Å². The van der Waals surface area contributed by atoms with Crippen molar-refractivity contribution in [2.24, 2.45) is 0 Å². The van der Waals surface area contributed by atoms with Crippen molar-refractivity contribution in [2.45, 2.75) is 120 Å². The van der Waals surface area contributed by atoms with E-state index in [4.69, 9.17) is 4.74 Å². The molecule has 0 atom stereocenters. The maximum atomic E-state index is 13.3. The Morgan fingerprint density at radius 1 is 0.600 bits per heavy atom. The molecule has 1 rings (SSSR count). The first-order valence-corrected chi connectivity index (χ1v) is 14.9. The van der Waals surface area contributed by atoms with Gasteiger partial charge in [-0.1, -0.05) is 69.9 Å². The predicted molar refractivity (Wildman–Crippen MR) is 172 cm³/mol. The Kier molecular flexibility index (Phi) is 16.8. The SMILES string of the molecule is COC1=C(C/C=C(\C)CC/C=C(\C)CCC=C(C)C)C(=O)C(C/C=C(\C)CC/C=C(\C)CCC=C(C)C)=CC1=O. The van der Waals surface area contributed by atoms with Crippen LogP contribution in [0, 0.1) is 0 Å². The maximum absolute atomic E-state index is 13.3. The zero-order chi connectivity index (χ0) is 30.1. The highest BCUT2D eigenvalue weighted by Gasteiger charge is 2.28. The van der Waals surface area contributed by atoms with E-state index in [1.165, 1.54) is 46.6 Å². The molecular formula is C37H54O3. The van der Waals surface area contributed by atoms with Crippen LogP contribution in [0.2, 0.25) is 0 Å². The first-order valence-electron chi connectivity index (χ1n) is 14.9. The average molecular weight is 547 g/mol. The zero-order valence-corrected chi connectivity index (χ0v) is 26.8. The van der Waals surface area contributed by atoms with Crippen LogP contribution in [0.25, 0.3) is 0 Å². The van der Waals surface area contributed by atoms with Crippen LogP contribution in [-0.2, 0) is 14.3 Å². The Morgan fingerprint density at radius 2 is 1.00 bits per heavy atom. The second-order valence-corrected chi connectivity index (χ2v) is 11.7. The van der Waals surface area contributed by atoms with Crippen LogP contribution in [0.3, 0.4) is 0 Å². The minimum Gasteiger partial charge on any atom is -0.492 e. The maximum Gasteiger partial charge on any atom is 0.221 e. The van der Waals surface area contributed by atoms with E-state index in [2.05, 4.69) is 91.8 Å². The number of allylic oxidation sites excluding steroid dienone is 15. The molecule has 3 heteroatoms. The summed E-state index contributed by atoms with van der Waals surface area (Å²) in [5, 5.41) is 0. The summed E-state index contributed by atoms with van der Waals surface area (Å²) in [5.41, 5.74) is 9.02. The Labute approximate surface area is 245 Å². The van der Waals surface area contributed by atoms with Crippen LogP contribution in [0.15, 0.2) is 92.9 Å². The largest absolute Gasteiger partial charge is 0.492 e. The van der Waals surface area contributed by atoms with E-state index in [1.807, 2.05) is 0 Å². The molecule has 0 aromatic heterocycles. The Balaban J connectivity index is 2.72. The number of hydrogen-bond donors (Lipinski definition) is 0. The van der Waals surface area contributed by atoms with Crippen LogP contribution in [0.1, 0.15) is 120 Å². The van der Waals surface area contributed by atoms with Crippen molar-refractivity contribution in [3.63, 3.8) is 0 Å². The van der Waals surface area contributed by atoms with E-state index >= 15 is 0 Å². The molecule has 0 spiro atoms. The van der Waals surface area contributed by atoms with Gasteiger partial charge in [0, 0.05) is 11.1 Å². The minimum absolute atomic E-state index is 0.0745. The van der Waals surface area contributed by atoms with Gasteiger partial charge in [0.25, 0.3) is 0 Å². The van der Waals surface area contributed by atoms with Crippen LogP contribution < -0.4 is 0 Å². The van der Waals surface area contributed by atoms with Crippen molar-refractivity contribution in [3.05, 3.63) is 92.9 Å². The van der Waals surface area contributed by atoms with E-state index in [0.717, 1.165) is 51.4 Å². The summed E-state index contributed by atoms with van der Waals surface area (Å²) in [6, 6.07) is 0. The minimum atomic E-state index is -0.214. The highest BCUT2D eigenvalue weighted by Crippen LogP contribution is 2.26. The highest BCUT2D eigenvalue weighted by atomic mass is 16.5. The third-order valence-corrected chi connectivity index (χ3v) is 7.14. The molecule has 0 heterocycles. The zero-order valence-electron chi connectivity index (χ0n) is 26.8.